The molecule has 0 fully saturated rings. The summed E-state index contributed by atoms with van der Waals surface area (Å²) < 4.78 is 8.20. The van der Waals surface area contributed by atoms with E-state index in [1.165, 1.54) is 0 Å². The van der Waals surface area contributed by atoms with Crippen molar-refractivity contribution in [3.05, 3.63) is 145 Å². The monoisotopic (exact) mass is 733 g/mol. The van der Waals surface area contributed by atoms with Gasteiger partial charge in [-0.1, -0.05) is 0 Å². The van der Waals surface area contributed by atoms with Gasteiger partial charge in [0.15, 0.2) is 49.6 Å². The molecule has 0 aromatic carbocycles. The molecular formula is C44H38MnN8+6. The van der Waals surface area contributed by atoms with E-state index >= 15 is 0 Å². The van der Waals surface area contributed by atoms with Crippen molar-refractivity contribution in [2.45, 2.75) is 0 Å². The molecular weight excluding hydrogens is 695 g/mol. The van der Waals surface area contributed by atoms with Crippen molar-refractivity contribution in [3.63, 3.8) is 0 Å². The predicted octanol–water partition coefficient (Wildman–Crippen LogP) is 6.62. The summed E-state index contributed by atoms with van der Waals surface area (Å²) in [7, 11) is 8.14. The molecule has 9 rings (SSSR count). The van der Waals surface area contributed by atoms with E-state index in [4.69, 9.17) is 9.97 Å². The van der Waals surface area contributed by atoms with E-state index in [0.717, 1.165) is 89.4 Å². The van der Waals surface area contributed by atoms with E-state index in [0.29, 0.717) is 0 Å². The predicted molar refractivity (Wildman–Crippen MR) is 205 cm³/mol. The quantitative estimate of drug-likeness (QED) is 0.158. The largest absolute Gasteiger partial charge is 2.00 e. The van der Waals surface area contributed by atoms with Crippen LogP contribution < -0.4 is 18.3 Å². The number of aromatic amines is 2. The summed E-state index contributed by atoms with van der Waals surface area (Å²) in [6, 6.07) is 25.8. The van der Waals surface area contributed by atoms with Gasteiger partial charge in [-0.05, 0) is 70.8 Å². The first kappa shape index (κ1) is 33.8. The Morgan fingerprint density at radius 3 is 0.755 bits per heavy atom. The average molecular weight is 734 g/mol. The molecule has 8 nitrogen and oxygen atoms in total. The Bertz CT molecular complexity index is 2370. The van der Waals surface area contributed by atoms with E-state index in [2.05, 4.69) is 157 Å². The second-order valence-electron chi connectivity index (χ2n) is 13.5. The minimum atomic E-state index is 0. The second-order valence-corrected chi connectivity index (χ2v) is 13.5. The fraction of sp³-hybridized carbons (Fsp3) is 0.0909. The number of nitrogens with one attached hydrogen (secondary N) is 2. The van der Waals surface area contributed by atoms with Crippen molar-refractivity contribution < 1.29 is 35.3 Å². The van der Waals surface area contributed by atoms with Crippen LogP contribution in [0.2, 0.25) is 0 Å². The van der Waals surface area contributed by atoms with Crippen molar-refractivity contribution in [1.82, 2.24) is 19.9 Å². The molecule has 0 aliphatic carbocycles. The molecule has 2 aliphatic rings. The van der Waals surface area contributed by atoms with Crippen molar-refractivity contribution >= 4 is 46.4 Å². The van der Waals surface area contributed by atoms with Crippen molar-refractivity contribution in [2.24, 2.45) is 28.2 Å². The van der Waals surface area contributed by atoms with Crippen LogP contribution in [0.15, 0.2) is 122 Å². The minimum absolute atomic E-state index is 0. The van der Waals surface area contributed by atoms with Crippen LogP contribution in [0.1, 0.15) is 22.8 Å². The molecule has 0 saturated carbocycles. The number of pyridine rings is 4. The van der Waals surface area contributed by atoms with Gasteiger partial charge in [-0.3, -0.25) is 0 Å². The van der Waals surface area contributed by atoms with Gasteiger partial charge in [0.1, 0.15) is 28.2 Å². The number of nitrogens with zero attached hydrogens (tertiary/aromatic N) is 6. The van der Waals surface area contributed by atoms with Crippen LogP contribution in [0.4, 0.5) is 0 Å². The van der Waals surface area contributed by atoms with Crippen molar-refractivity contribution in [3.8, 4) is 44.5 Å². The topological polar surface area (TPSA) is 72.9 Å². The molecule has 255 valence electrons. The van der Waals surface area contributed by atoms with Crippen molar-refractivity contribution in [1.29, 1.82) is 0 Å². The first-order chi connectivity index (χ1) is 25.4. The molecule has 2 aliphatic heterocycles. The summed E-state index contributed by atoms with van der Waals surface area (Å²) in [5.74, 6) is 0. The Balaban J connectivity index is 0.00000400. The van der Waals surface area contributed by atoms with Gasteiger partial charge in [0.2, 0.25) is 0 Å². The van der Waals surface area contributed by atoms with Gasteiger partial charge in [0, 0.05) is 92.9 Å². The summed E-state index contributed by atoms with van der Waals surface area (Å²) >= 11 is 0. The fourth-order valence-corrected chi connectivity index (χ4v) is 7.09. The smallest absolute Gasteiger partial charge is 0.354 e. The van der Waals surface area contributed by atoms with Crippen LogP contribution in [-0.4, -0.2) is 19.9 Å². The summed E-state index contributed by atoms with van der Waals surface area (Å²) in [5, 5.41) is 0. The van der Waals surface area contributed by atoms with E-state index in [1.54, 1.807) is 0 Å². The molecule has 1 radical (unpaired) electrons. The second kappa shape index (κ2) is 13.7. The maximum Gasteiger partial charge on any atom is 2.00 e. The summed E-state index contributed by atoms with van der Waals surface area (Å²) in [6.07, 6.45) is 25.2. The van der Waals surface area contributed by atoms with Gasteiger partial charge in [0.25, 0.3) is 0 Å². The Kier molecular flexibility index (Phi) is 8.74. The SMILES string of the molecule is C[n+]1ccc(-c2c3nc(c(-c4cc[n+](C)cc4)c4ccc([nH]4)c(-c4cc[n+](C)cc4)c4nc(c(-c5cc[n+](C)cc5)c5ccc2[nH]5)C=C4)C=C3)cc1.[Mn+2]. The number of aromatic nitrogens is 8. The third-order valence-corrected chi connectivity index (χ3v) is 9.82. The number of aryl methyl sites for hydroxylation is 4. The first-order valence-electron chi connectivity index (χ1n) is 17.4. The van der Waals surface area contributed by atoms with Gasteiger partial charge >= 0.3 is 17.1 Å². The number of hydrogen-bond acceptors (Lipinski definition) is 2. The van der Waals surface area contributed by atoms with Gasteiger partial charge in [-0.15, -0.1) is 0 Å². The molecule has 7 aromatic rings. The summed E-state index contributed by atoms with van der Waals surface area (Å²) in [4.78, 5) is 18.4. The van der Waals surface area contributed by atoms with Crippen LogP contribution in [0.5, 0.6) is 0 Å². The summed E-state index contributed by atoms with van der Waals surface area (Å²) in [5.41, 5.74) is 15.9. The summed E-state index contributed by atoms with van der Waals surface area (Å²) in [6.45, 7) is 0. The molecule has 0 atom stereocenters. The molecule has 0 spiro atoms. The third kappa shape index (κ3) is 6.31. The maximum absolute atomic E-state index is 5.39. The molecule has 9 heteroatoms. The molecule has 9 heterocycles. The molecule has 2 N–H and O–H groups in total. The zero-order valence-corrected chi connectivity index (χ0v) is 31.1. The molecule has 0 unspecified atom stereocenters. The fourth-order valence-electron chi connectivity index (χ4n) is 7.09. The standard InChI is InChI=1S/C44H37N8.Mn/c1-49-21-13-29(14-22-49)41-33-5-7-35(45-33)42(30-15-23-50(2)24-16-30)37-9-11-39(47-37)44(32-19-27-52(4)28-20-32)40-12-10-38(48-40)43(36-8-6-34(41)46-36)31-17-25-51(3)26-18-31;/h5-28H,1-4H3,(H,45,46,47,48);/q+3;+2/p+1. The normalized spacial score (nSPS) is 11.8. The van der Waals surface area contributed by atoms with Crippen LogP contribution in [-0.2, 0) is 45.3 Å². The number of rotatable bonds is 4. The van der Waals surface area contributed by atoms with Crippen LogP contribution in [0.25, 0.3) is 90.9 Å². The van der Waals surface area contributed by atoms with Crippen LogP contribution >= 0.6 is 0 Å². The maximum atomic E-state index is 5.39. The van der Waals surface area contributed by atoms with E-state index in [9.17, 15) is 0 Å². The third-order valence-electron chi connectivity index (χ3n) is 9.82. The number of fused-ring (bicyclic) bond motifs is 8. The molecule has 8 bridgehead atoms. The van der Waals surface area contributed by atoms with E-state index < -0.39 is 0 Å². The average Bonchev–Trinajstić information content (AvgIpc) is 3.99. The molecule has 0 amide bonds. The zero-order valence-electron chi connectivity index (χ0n) is 29.9. The van der Waals surface area contributed by atoms with Gasteiger partial charge in [-0.2, -0.15) is 0 Å². The van der Waals surface area contributed by atoms with Crippen LogP contribution in [0.3, 0.4) is 0 Å². The van der Waals surface area contributed by atoms with E-state index in [-0.39, 0.29) is 17.1 Å². The Morgan fingerprint density at radius 1 is 0.340 bits per heavy atom. The zero-order chi connectivity index (χ0) is 35.3. The van der Waals surface area contributed by atoms with Gasteiger partial charge in [-0.25, -0.2) is 28.2 Å². The van der Waals surface area contributed by atoms with Crippen LogP contribution in [0, 0.1) is 0 Å². The molecule has 7 aromatic heterocycles. The minimum Gasteiger partial charge on any atom is -0.354 e. The number of H-pyrrole nitrogens is 2. The van der Waals surface area contributed by atoms with Gasteiger partial charge in [0.05, 0.1) is 22.8 Å². The molecule has 0 saturated heterocycles. The van der Waals surface area contributed by atoms with Gasteiger partial charge < -0.3 is 9.97 Å². The Morgan fingerprint density at radius 2 is 0.547 bits per heavy atom. The Hall–Kier alpha value is -6.28. The first-order valence-corrected chi connectivity index (χ1v) is 17.4. The van der Waals surface area contributed by atoms with Crippen molar-refractivity contribution in [2.75, 3.05) is 0 Å². The number of hydrogen-bond donors (Lipinski definition) is 2. The Labute approximate surface area is 318 Å². The molecule has 53 heavy (non-hydrogen) atoms. The van der Waals surface area contributed by atoms with E-state index in [1.807, 2.05) is 46.5 Å².